The van der Waals surface area contributed by atoms with Crippen LogP contribution in [0.4, 0.5) is 0 Å². The molecule has 0 aromatic heterocycles. The topological polar surface area (TPSA) is 52.6 Å². The lowest BCUT2D eigenvalue weighted by atomic mass is 10.1. The predicted octanol–water partition coefficient (Wildman–Crippen LogP) is 1.94. The van der Waals surface area contributed by atoms with Gasteiger partial charge in [-0.1, -0.05) is 11.6 Å². The molecule has 1 heterocycles. The number of hydrogen-bond donors (Lipinski definition) is 2. The van der Waals surface area contributed by atoms with Crippen LogP contribution in [0.1, 0.15) is 28.8 Å². The molecule has 0 saturated carbocycles. The second-order valence-corrected chi connectivity index (χ2v) is 6.11. The number of rotatable bonds is 5. The van der Waals surface area contributed by atoms with E-state index < -0.39 is 0 Å². The molecular formula is C15H21BrN2O2. The summed E-state index contributed by atoms with van der Waals surface area (Å²) in [5.41, 5.74) is 1.72. The van der Waals surface area contributed by atoms with Crippen LogP contribution in [0, 0.1) is 6.92 Å². The van der Waals surface area contributed by atoms with Crippen molar-refractivity contribution >= 4 is 21.8 Å². The summed E-state index contributed by atoms with van der Waals surface area (Å²) in [5.74, 6) is -0.0247. The van der Waals surface area contributed by atoms with Crippen molar-refractivity contribution in [1.82, 2.24) is 10.2 Å². The van der Waals surface area contributed by atoms with E-state index in [-0.39, 0.29) is 12.5 Å². The third-order valence-corrected chi connectivity index (χ3v) is 4.30. The van der Waals surface area contributed by atoms with E-state index in [1.807, 2.05) is 25.1 Å². The fraction of sp³-hybridized carbons (Fsp3) is 0.533. The highest BCUT2D eigenvalue weighted by Crippen LogP contribution is 2.20. The molecule has 1 amide bonds. The van der Waals surface area contributed by atoms with Gasteiger partial charge in [0.1, 0.15) is 0 Å². The standard InChI is InChI=1S/C15H21BrN2O2/c1-11-4-5-14(16)13(9-11)15(20)18(7-8-19)10-12-3-2-6-17-12/h4-5,9,12,17,19H,2-3,6-8,10H2,1H3. The zero-order valence-electron chi connectivity index (χ0n) is 11.7. The third-order valence-electron chi connectivity index (χ3n) is 3.61. The lowest BCUT2D eigenvalue weighted by Crippen LogP contribution is -2.42. The largest absolute Gasteiger partial charge is 0.395 e. The summed E-state index contributed by atoms with van der Waals surface area (Å²) in [7, 11) is 0. The molecule has 1 aromatic rings. The number of benzene rings is 1. The number of halogens is 1. The van der Waals surface area contributed by atoms with E-state index in [0.717, 1.165) is 29.4 Å². The first-order valence-corrected chi connectivity index (χ1v) is 7.81. The number of aryl methyl sites for hydroxylation is 1. The zero-order valence-corrected chi connectivity index (χ0v) is 13.3. The van der Waals surface area contributed by atoms with Gasteiger partial charge in [0.2, 0.25) is 0 Å². The maximum Gasteiger partial charge on any atom is 0.255 e. The molecule has 2 rings (SSSR count). The molecule has 0 bridgehead atoms. The second kappa shape index (κ2) is 7.20. The van der Waals surface area contributed by atoms with Gasteiger partial charge in [-0.3, -0.25) is 4.79 Å². The Balaban J connectivity index is 2.14. The minimum absolute atomic E-state index is 0.0120. The molecule has 1 aliphatic heterocycles. The first-order chi connectivity index (χ1) is 9.61. The number of amides is 1. The Hall–Kier alpha value is -0.910. The molecule has 0 spiro atoms. The van der Waals surface area contributed by atoms with Crippen molar-refractivity contribution in [2.45, 2.75) is 25.8 Å². The Labute approximate surface area is 128 Å². The minimum Gasteiger partial charge on any atom is -0.395 e. The summed E-state index contributed by atoms with van der Waals surface area (Å²) in [5, 5.41) is 12.6. The molecule has 5 heteroatoms. The molecule has 20 heavy (non-hydrogen) atoms. The van der Waals surface area contributed by atoms with Crippen LogP contribution in [-0.2, 0) is 0 Å². The van der Waals surface area contributed by atoms with Crippen LogP contribution in [0.25, 0.3) is 0 Å². The van der Waals surface area contributed by atoms with Gasteiger partial charge in [0.15, 0.2) is 0 Å². The van der Waals surface area contributed by atoms with Gasteiger partial charge >= 0.3 is 0 Å². The van der Waals surface area contributed by atoms with Crippen molar-refractivity contribution in [2.24, 2.45) is 0 Å². The van der Waals surface area contributed by atoms with E-state index in [2.05, 4.69) is 21.2 Å². The predicted molar refractivity (Wildman–Crippen MR) is 82.9 cm³/mol. The summed E-state index contributed by atoms with van der Waals surface area (Å²) < 4.78 is 0.801. The summed E-state index contributed by atoms with van der Waals surface area (Å²) in [6, 6.07) is 6.09. The molecule has 4 nitrogen and oxygen atoms in total. The molecule has 0 aliphatic carbocycles. The highest BCUT2D eigenvalue weighted by Gasteiger charge is 2.23. The number of nitrogens with one attached hydrogen (secondary N) is 1. The summed E-state index contributed by atoms with van der Waals surface area (Å²) in [4.78, 5) is 14.4. The Morgan fingerprint density at radius 3 is 3.00 bits per heavy atom. The fourth-order valence-corrected chi connectivity index (χ4v) is 2.96. The first-order valence-electron chi connectivity index (χ1n) is 7.01. The van der Waals surface area contributed by atoms with Crippen molar-refractivity contribution < 1.29 is 9.90 Å². The van der Waals surface area contributed by atoms with Crippen LogP contribution < -0.4 is 5.32 Å². The Kier molecular flexibility index (Phi) is 5.57. The zero-order chi connectivity index (χ0) is 14.5. The minimum atomic E-state index is -0.0247. The third kappa shape index (κ3) is 3.81. The highest BCUT2D eigenvalue weighted by molar-refractivity contribution is 9.10. The maximum atomic E-state index is 12.7. The first kappa shape index (κ1) is 15.5. The number of carbonyl (C=O) groups excluding carboxylic acids is 1. The number of nitrogens with zero attached hydrogens (tertiary/aromatic N) is 1. The molecule has 1 fully saturated rings. The van der Waals surface area contributed by atoms with Crippen molar-refractivity contribution in [2.75, 3.05) is 26.2 Å². The second-order valence-electron chi connectivity index (χ2n) is 5.25. The number of carbonyl (C=O) groups is 1. The quantitative estimate of drug-likeness (QED) is 0.861. The molecule has 2 N–H and O–H groups in total. The van der Waals surface area contributed by atoms with E-state index in [1.54, 1.807) is 4.90 Å². The van der Waals surface area contributed by atoms with E-state index in [1.165, 1.54) is 0 Å². The molecule has 110 valence electrons. The van der Waals surface area contributed by atoms with E-state index >= 15 is 0 Å². The molecule has 1 saturated heterocycles. The maximum absolute atomic E-state index is 12.7. The van der Waals surface area contributed by atoms with Gasteiger partial charge in [0, 0.05) is 23.6 Å². The van der Waals surface area contributed by atoms with Crippen LogP contribution in [-0.4, -0.2) is 48.2 Å². The Morgan fingerprint density at radius 2 is 2.35 bits per heavy atom. The molecule has 1 atom stereocenters. The average molecular weight is 341 g/mol. The molecule has 1 unspecified atom stereocenters. The van der Waals surface area contributed by atoms with Gasteiger partial charge in [-0.15, -0.1) is 0 Å². The SMILES string of the molecule is Cc1ccc(Br)c(C(=O)N(CCO)CC2CCCN2)c1. The summed E-state index contributed by atoms with van der Waals surface area (Å²) >= 11 is 3.44. The van der Waals surface area contributed by atoms with E-state index in [4.69, 9.17) is 0 Å². The van der Waals surface area contributed by atoms with Crippen LogP contribution in [0.15, 0.2) is 22.7 Å². The van der Waals surface area contributed by atoms with Gasteiger partial charge in [-0.2, -0.15) is 0 Å². The van der Waals surface area contributed by atoms with Crippen molar-refractivity contribution in [3.8, 4) is 0 Å². The molecule has 1 aliphatic rings. The summed E-state index contributed by atoms with van der Waals surface area (Å²) in [6.45, 7) is 4.00. The average Bonchev–Trinajstić information content (AvgIpc) is 2.93. The normalized spacial score (nSPS) is 18.2. The van der Waals surface area contributed by atoms with Gasteiger partial charge in [-0.25, -0.2) is 0 Å². The highest BCUT2D eigenvalue weighted by atomic mass is 79.9. The van der Waals surface area contributed by atoms with Gasteiger partial charge in [0.05, 0.1) is 12.2 Å². The lowest BCUT2D eigenvalue weighted by Gasteiger charge is -2.25. The van der Waals surface area contributed by atoms with Crippen LogP contribution >= 0.6 is 15.9 Å². The number of aliphatic hydroxyl groups is 1. The summed E-state index contributed by atoms with van der Waals surface area (Å²) in [6.07, 6.45) is 2.24. The van der Waals surface area contributed by atoms with Crippen molar-refractivity contribution in [1.29, 1.82) is 0 Å². The van der Waals surface area contributed by atoms with E-state index in [0.29, 0.717) is 24.7 Å². The van der Waals surface area contributed by atoms with Crippen LogP contribution in [0.5, 0.6) is 0 Å². The van der Waals surface area contributed by atoms with Gasteiger partial charge in [0.25, 0.3) is 5.91 Å². The number of aliphatic hydroxyl groups excluding tert-OH is 1. The lowest BCUT2D eigenvalue weighted by molar-refractivity contribution is 0.0705. The van der Waals surface area contributed by atoms with Crippen molar-refractivity contribution in [3.63, 3.8) is 0 Å². The molecule has 1 aromatic carbocycles. The van der Waals surface area contributed by atoms with Gasteiger partial charge < -0.3 is 15.3 Å². The Bertz CT molecular complexity index is 473. The van der Waals surface area contributed by atoms with Crippen LogP contribution in [0.3, 0.4) is 0 Å². The fourth-order valence-electron chi connectivity index (χ4n) is 2.55. The van der Waals surface area contributed by atoms with Gasteiger partial charge in [-0.05, 0) is 54.4 Å². The Morgan fingerprint density at radius 1 is 1.55 bits per heavy atom. The van der Waals surface area contributed by atoms with Crippen molar-refractivity contribution in [3.05, 3.63) is 33.8 Å². The van der Waals surface area contributed by atoms with E-state index in [9.17, 15) is 9.90 Å². The molecule has 0 radical (unpaired) electrons. The smallest absolute Gasteiger partial charge is 0.255 e. The molecular weight excluding hydrogens is 320 g/mol. The monoisotopic (exact) mass is 340 g/mol. The van der Waals surface area contributed by atoms with Crippen LogP contribution in [0.2, 0.25) is 0 Å². The number of hydrogen-bond acceptors (Lipinski definition) is 3.